The summed E-state index contributed by atoms with van der Waals surface area (Å²) < 4.78 is 0. The van der Waals surface area contributed by atoms with Crippen molar-refractivity contribution in [2.75, 3.05) is 0 Å². The van der Waals surface area contributed by atoms with E-state index >= 15 is 0 Å². The summed E-state index contributed by atoms with van der Waals surface area (Å²) in [5, 5.41) is 18.4. The van der Waals surface area contributed by atoms with E-state index in [2.05, 4.69) is 39.7 Å². The summed E-state index contributed by atoms with van der Waals surface area (Å²) in [6.45, 7) is 16.7. The number of rotatable bonds is 7. The highest BCUT2D eigenvalue weighted by atomic mass is 16.3. The first kappa shape index (κ1) is 17.8. The minimum Gasteiger partial charge on any atom is -0.509 e. The minimum atomic E-state index is -0.0166. The van der Waals surface area contributed by atoms with Gasteiger partial charge in [-0.15, -0.1) is 0 Å². The monoisotopic (exact) mass is 272 g/mol. The fourth-order valence-electron chi connectivity index (χ4n) is 1.47. The molecule has 0 fully saturated rings. The number of aliphatic hydroxyl groups is 2. The van der Waals surface area contributed by atoms with Gasteiger partial charge in [0.2, 0.25) is 0 Å². The van der Waals surface area contributed by atoms with Crippen LogP contribution in [0.4, 0.5) is 0 Å². The topological polar surface area (TPSA) is 40.5 Å². The molecule has 0 aliphatic rings. The molecule has 0 aromatic rings. The lowest BCUT2D eigenvalue weighted by Gasteiger charge is -2.07. The third kappa shape index (κ3) is 8.81. The Labute approximate surface area is 122 Å². The lowest BCUT2D eigenvalue weighted by Crippen LogP contribution is -1.90. The molecule has 0 saturated carbocycles. The maximum atomic E-state index is 9.20. The lowest BCUT2D eigenvalue weighted by atomic mass is 9.98. The lowest BCUT2D eigenvalue weighted by molar-refractivity contribution is 0.434. The van der Waals surface area contributed by atoms with E-state index in [1.54, 1.807) is 12.2 Å². The predicted octanol–water partition coefficient (Wildman–Crippen LogP) is 5.33. The summed E-state index contributed by atoms with van der Waals surface area (Å²) in [5.74, 6) is 0.308. The van der Waals surface area contributed by atoms with Gasteiger partial charge in [-0.05, 0) is 36.1 Å². The third-order valence-corrected chi connectivity index (χ3v) is 2.16. The van der Waals surface area contributed by atoms with Gasteiger partial charge in [0.15, 0.2) is 0 Å². The first-order valence-corrected chi connectivity index (χ1v) is 6.43. The molecule has 0 atom stereocenters. The van der Waals surface area contributed by atoms with Crippen molar-refractivity contribution in [2.45, 2.75) is 20.8 Å². The van der Waals surface area contributed by atoms with Gasteiger partial charge in [0.25, 0.3) is 0 Å². The quantitative estimate of drug-likeness (QED) is 0.486. The van der Waals surface area contributed by atoms with Gasteiger partial charge in [0.05, 0.1) is 0 Å². The Kier molecular flexibility index (Phi) is 7.83. The highest BCUT2D eigenvalue weighted by molar-refractivity contribution is 5.50. The van der Waals surface area contributed by atoms with Crippen molar-refractivity contribution < 1.29 is 10.2 Å². The fraction of sp³-hybridized carbons (Fsp3) is 0.222. The van der Waals surface area contributed by atoms with E-state index in [1.807, 2.05) is 13.0 Å². The summed E-state index contributed by atoms with van der Waals surface area (Å²) >= 11 is 0. The van der Waals surface area contributed by atoms with Crippen LogP contribution in [0.5, 0.6) is 0 Å². The minimum absolute atomic E-state index is 0.00937. The number of aliphatic hydroxyl groups excluding tert-OH is 2. The maximum Gasteiger partial charge on any atom is 0.108 e. The standard InChI is InChI=1S/C18H24O2/c1-13(2)11-17(9-7-15(5)19)18(12-14(3)4)10-8-16(6)20/h7-12,14,19-20H,1,5-6H2,2-4H3/b9-7-,10-8-,17-11+,18-12-. The Morgan fingerprint density at radius 1 is 0.850 bits per heavy atom. The van der Waals surface area contributed by atoms with E-state index in [4.69, 9.17) is 0 Å². The van der Waals surface area contributed by atoms with Crippen LogP contribution in [0, 0.1) is 5.92 Å². The number of hydrogen-bond donors (Lipinski definition) is 2. The van der Waals surface area contributed by atoms with Gasteiger partial charge in [-0.3, -0.25) is 0 Å². The van der Waals surface area contributed by atoms with Crippen LogP contribution in [0.3, 0.4) is 0 Å². The molecule has 108 valence electrons. The maximum absolute atomic E-state index is 9.20. The fourth-order valence-corrected chi connectivity index (χ4v) is 1.47. The normalized spacial score (nSPS) is 13.4. The summed E-state index contributed by atoms with van der Waals surface area (Å²) in [6, 6.07) is 0. The van der Waals surface area contributed by atoms with Crippen LogP contribution < -0.4 is 0 Å². The van der Waals surface area contributed by atoms with Crippen LogP contribution in [-0.4, -0.2) is 10.2 Å². The van der Waals surface area contributed by atoms with Gasteiger partial charge < -0.3 is 10.2 Å². The highest BCUT2D eigenvalue weighted by Gasteiger charge is 2.01. The highest BCUT2D eigenvalue weighted by Crippen LogP contribution is 2.19. The molecule has 2 heteroatoms. The van der Waals surface area contributed by atoms with Crippen molar-refractivity contribution >= 4 is 0 Å². The van der Waals surface area contributed by atoms with Crippen LogP contribution in [0.25, 0.3) is 0 Å². The van der Waals surface area contributed by atoms with Crippen molar-refractivity contribution in [3.63, 3.8) is 0 Å². The van der Waals surface area contributed by atoms with E-state index in [-0.39, 0.29) is 11.5 Å². The van der Waals surface area contributed by atoms with Crippen molar-refractivity contribution in [3.05, 3.63) is 84.4 Å². The van der Waals surface area contributed by atoms with Gasteiger partial charge in [0, 0.05) is 0 Å². The zero-order valence-corrected chi connectivity index (χ0v) is 12.6. The Bertz CT molecular complexity index is 498. The summed E-state index contributed by atoms with van der Waals surface area (Å²) in [6.07, 6.45) is 10.5. The smallest absolute Gasteiger partial charge is 0.108 e. The van der Waals surface area contributed by atoms with Crippen LogP contribution in [0.1, 0.15) is 20.8 Å². The molecule has 0 saturated heterocycles. The summed E-state index contributed by atoms with van der Waals surface area (Å²) in [7, 11) is 0. The Morgan fingerprint density at radius 2 is 1.30 bits per heavy atom. The van der Waals surface area contributed by atoms with E-state index in [9.17, 15) is 10.2 Å². The van der Waals surface area contributed by atoms with E-state index in [1.165, 1.54) is 12.2 Å². The van der Waals surface area contributed by atoms with Gasteiger partial charge in [-0.25, -0.2) is 0 Å². The molecule has 20 heavy (non-hydrogen) atoms. The van der Waals surface area contributed by atoms with Gasteiger partial charge in [-0.2, -0.15) is 0 Å². The van der Waals surface area contributed by atoms with Crippen LogP contribution in [-0.2, 0) is 0 Å². The molecule has 0 aromatic heterocycles. The van der Waals surface area contributed by atoms with Crippen molar-refractivity contribution in [1.29, 1.82) is 0 Å². The van der Waals surface area contributed by atoms with Crippen molar-refractivity contribution in [2.24, 2.45) is 5.92 Å². The van der Waals surface area contributed by atoms with Gasteiger partial charge in [0.1, 0.15) is 11.5 Å². The molecule has 0 aliphatic carbocycles. The van der Waals surface area contributed by atoms with Gasteiger partial charge in [-0.1, -0.05) is 63.5 Å². The number of allylic oxidation sites excluding steroid dienone is 9. The Morgan fingerprint density at radius 3 is 1.65 bits per heavy atom. The molecule has 2 nitrogen and oxygen atoms in total. The molecule has 0 aromatic carbocycles. The first-order valence-electron chi connectivity index (χ1n) is 6.43. The molecule has 0 spiro atoms. The van der Waals surface area contributed by atoms with E-state index in [0.29, 0.717) is 5.92 Å². The molecule has 0 rings (SSSR count). The molecular formula is C18H24O2. The SMILES string of the molecule is C=C(O)\C=C/C(=C/C(C)C)C(/C=C\C(=C)O)=C/C(=C)C. The second-order valence-electron chi connectivity index (χ2n) is 4.96. The molecule has 0 aliphatic heterocycles. The van der Waals surface area contributed by atoms with E-state index < -0.39 is 0 Å². The van der Waals surface area contributed by atoms with Crippen LogP contribution >= 0.6 is 0 Å². The molecule has 0 amide bonds. The predicted molar refractivity (Wildman–Crippen MR) is 87.6 cm³/mol. The Balaban J connectivity index is 5.70. The molecule has 0 heterocycles. The van der Waals surface area contributed by atoms with Crippen molar-refractivity contribution in [3.8, 4) is 0 Å². The Hall–Kier alpha value is -2.22. The third-order valence-electron chi connectivity index (χ3n) is 2.16. The molecule has 0 unspecified atom stereocenters. The summed E-state index contributed by atoms with van der Waals surface area (Å²) in [4.78, 5) is 0. The second kappa shape index (κ2) is 8.81. The largest absolute Gasteiger partial charge is 0.509 e. The summed E-state index contributed by atoms with van der Waals surface area (Å²) in [5.41, 5.74) is 2.67. The van der Waals surface area contributed by atoms with Gasteiger partial charge >= 0.3 is 0 Å². The number of hydrogen-bond acceptors (Lipinski definition) is 2. The van der Waals surface area contributed by atoms with Crippen molar-refractivity contribution in [1.82, 2.24) is 0 Å². The molecule has 0 bridgehead atoms. The zero-order chi connectivity index (χ0) is 15.7. The average Bonchev–Trinajstić information content (AvgIpc) is 2.28. The molecule has 2 N–H and O–H groups in total. The molecular weight excluding hydrogens is 248 g/mol. The van der Waals surface area contributed by atoms with Crippen LogP contribution in [0.15, 0.2) is 84.4 Å². The van der Waals surface area contributed by atoms with Crippen LogP contribution in [0.2, 0.25) is 0 Å². The second-order valence-corrected chi connectivity index (χ2v) is 4.96. The first-order chi connectivity index (χ1) is 9.22. The zero-order valence-electron chi connectivity index (χ0n) is 12.6. The molecule has 0 radical (unpaired) electrons. The van der Waals surface area contributed by atoms with E-state index in [0.717, 1.165) is 16.7 Å². The average molecular weight is 272 g/mol.